The molecule has 2 aromatic carbocycles. The fourth-order valence-corrected chi connectivity index (χ4v) is 3.22. The van der Waals surface area contributed by atoms with Gasteiger partial charge in [0, 0.05) is 18.7 Å². The minimum atomic E-state index is 0.385. The fraction of sp³-hybridized carbons (Fsp3) is 0.105. The number of para-hydroxylation sites is 2. The Kier molecular flexibility index (Phi) is 3.24. The summed E-state index contributed by atoms with van der Waals surface area (Å²) < 4.78 is 9.47. The van der Waals surface area contributed by atoms with E-state index in [1.165, 1.54) is 0 Å². The van der Waals surface area contributed by atoms with Crippen LogP contribution in [-0.4, -0.2) is 22.5 Å². The van der Waals surface area contributed by atoms with Crippen molar-refractivity contribution in [2.24, 2.45) is 0 Å². The lowest BCUT2D eigenvalue weighted by Crippen LogP contribution is -2.08. The van der Waals surface area contributed by atoms with Crippen molar-refractivity contribution in [2.75, 3.05) is 7.11 Å². The van der Waals surface area contributed by atoms with E-state index < -0.39 is 0 Å². The number of hydrogen-bond acceptors (Lipinski definition) is 2. The number of aldehydes is 1. The van der Waals surface area contributed by atoms with E-state index in [2.05, 4.69) is 22.8 Å². The SMILES string of the molecule is COCn1c(-n2ccc3ccccc32)c(C=O)c2ccccc21. The largest absolute Gasteiger partial charge is 0.364 e. The monoisotopic (exact) mass is 304 g/mol. The smallest absolute Gasteiger partial charge is 0.154 e. The van der Waals surface area contributed by atoms with Gasteiger partial charge >= 0.3 is 0 Å². The lowest BCUT2D eigenvalue weighted by Gasteiger charge is -2.12. The molecule has 0 atom stereocenters. The number of hydrogen-bond donors (Lipinski definition) is 0. The van der Waals surface area contributed by atoms with Crippen molar-refractivity contribution < 1.29 is 9.53 Å². The van der Waals surface area contributed by atoms with Crippen LogP contribution in [0.4, 0.5) is 0 Å². The van der Waals surface area contributed by atoms with Crippen LogP contribution in [0.1, 0.15) is 10.4 Å². The van der Waals surface area contributed by atoms with Crippen molar-refractivity contribution >= 4 is 28.1 Å². The molecule has 2 heterocycles. The van der Waals surface area contributed by atoms with Crippen LogP contribution in [0.3, 0.4) is 0 Å². The first kappa shape index (κ1) is 13.8. The minimum absolute atomic E-state index is 0.385. The Morgan fingerprint density at radius 3 is 2.52 bits per heavy atom. The highest BCUT2D eigenvalue weighted by molar-refractivity contribution is 6.02. The summed E-state index contributed by atoms with van der Waals surface area (Å²) in [6.45, 7) is 0.385. The zero-order valence-corrected chi connectivity index (χ0v) is 12.8. The van der Waals surface area contributed by atoms with E-state index >= 15 is 0 Å². The number of carbonyl (C=O) groups is 1. The van der Waals surface area contributed by atoms with Gasteiger partial charge in [-0.25, -0.2) is 0 Å². The van der Waals surface area contributed by atoms with Gasteiger partial charge in [-0.2, -0.15) is 0 Å². The quantitative estimate of drug-likeness (QED) is 0.534. The molecule has 4 heteroatoms. The van der Waals surface area contributed by atoms with Crippen LogP contribution >= 0.6 is 0 Å². The predicted octanol–water partition coefficient (Wildman–Crippen LogP) is 4.00. The Bertz CT molecular complexity index is 1010. The van der Waals surface area contributed by atoms with Gasteiger partial charge in [0.1, 0.15) is 12.5 Å². The number of nitrogens with zero attached hydrogens (tertiary/aromatic N) is 2. The van der Waals surface area contributed by atoms with Gasteiger partial charge in [0.25, 0.3) is 0 Å². The molecule has 0 spiro atoms. The fourth-order valence-electron chi connectivity index (χ4n) is 3.22. The maximum absolute atomic E-state index is 11.8. The van der Waals surface area contributed by atoms with Crippen LogP contribution in [0.25, 0.3) is 27.6 Å². The molecule has 0 bridgehead atoms. The second-order valence-corrected chi connectivity index (χ2v) is 5.46. The second kappa shape index (κ2) is 5.41. The van der Waals surface area contributed by atoms with Crippen molar-refractivity contribution in [1.82, 2.24) is 9.13 Å². The third kappa shape index (κ3) is 1.99. The van der Waals surface area contributed by atoms with E-state index in [0.29, 0.717) is 12.3 Å². The number of benzene rings is 2. The number of carbonyl (C=O) groups excluding carboxylic acids is 1. The maximum Gasteiger partial charge on any atom is 0.154 e. The summed E-state index contributed by atoms with van der Waals surface area (Å²) in [6, 6.07) is 18.1. The number of aromatic nitrogens is 2. The average molecular weight is 304 g/mol. The highest BCUT2D eigenvalue weighted by atomic mass is 16.5. The zero-order chi connectivity index (χ0) is 15.8. The van der Waals surface area contributed by atoms with Crippen LogP contribution in [0.5, 0.6) is 0 Å². The molecular formula is C19H16N2O2. The minimum Gasteiger partial charge on any atom is -0.364 e. The first-order chi connectivity index (χ1) is 11.3. The molecule has 4 rings (SSSR count). The van der Waals surface area contributed by atoms with Crippen LogP contribution in [0, 0.1) is 0 Å². The number of ether oxygens (including phenoxy) is 1. The van der Waals surface area contributed by atoms with Gasteiger partial charge in [-0.15, -0.1) is 0 Å². The standard InChI is InChI=1S/C19H16N2O2/c1-23-13-21-18-9-5-3-7-15(18)16(12-22)19(21)20-11-10-14-6-2-4-8-17(14)20/h2-12H,13H2,1H3. The molecule has 0 fully saturated rings. The summed E-state index contributed by atoms with van der Waals surface area (Å²) in [5, 5.41) is 2.07. The van der Waals surface area contributed by atoms with Gasteiger partial charge in [0.2, 0.25) is 0 Å². The molecule has 0 aliphatic heterocycles. The summed E-state index contributed by atoms with van der Waals surface area (Å²) in [5.41, 5.74) is 2.74. The molecular weight excluding hydrogens is 288 g/mol. The van der Waals surface area contributed by atoms with E-state index in [1.54, 1.807) is 7.11 Å². The first-order valence-corrected chi connectivity index (χ1v) is 7.47. The molecule has 23 heavy (non-hydrogen) atoms. The van der Waals surface area contributed by atoms with Crippen molar-refractivity contribution in [3.8, 4) is 5.82 Å². The van der Waals surface area contributed by atoms with E-state index in [9.17, 15) is 4.79 Å². The first-order valence-electron chi connectivity index (χ1n) is 7.47. The molecule has 0 aliphatic carbocycles. The predicted molar refractivity (Wildman–Crippen MR) is 91.2 cm³/mol. The van der Waals surface area contributed by atoms with E-state index in [0.717, 1.165) is 33.9 Å². The Morgan fingerprint density at radius 2 is 1.74 bits per heavy atom. The second-order valence-electron chi connectivity index (χ2n) is 5.46. The molecule has 2 aromatic heterocycles. The number of rotatable bonds is 4. The lowest BCUT2D eigenvalue weighted by molar-refractivity contribution is 0.112. The van der Waals surface area contributed by atoms with Crippen molar-refractivity contribution in [2.45, 2.75) is 6.73 Å². The van der Waals surface area contributed by atoms with Gasteiger partial charge in [0.15, 0.2) is 6.29 Å². The highest BCUT2D eigenvalue weighted by Gasteiger charge is 2.19. The maximum atomic E-state index is 11.8. The van der Waals surface area contributed by atoms with Crippen molar-refractivity contribution in [1.29, 1.82) is 0 Å². The van der Waals surface area contributed by atoms with E-state index in [1.807, 2.05) is 47.2 Å². The van der Waals surface area contributed by atoms with Crippen LogP contribution in [0.2, 0.25) is 0 Å². The number of fused-ring (bicyclic) bond motifs is 2. The van der Waals surface area contributed by atoms with Gasteiger partial charge in [-0.3, -0.25) is 4.79 Å². The zero-order valence-electron chi connectivity index (χ0n) is 12.8. The third-order valence-corrected chi connectivity index (χ3v) is 4.19. The number of methoxy groups -OCH3 is 1. The normalized spacial score (nSPS) is 11.3. The molecule has 4 nitrogen and oxygen atoms in total. The Balaban J connectivity index is 2.13. The third-order valence-electron chi connectivity index (χ3n) is 4.19. The average Bonchev–Trinajstić information content (AvgIpc) is 3.14. The summed E-state index contributed by atoms with van der Waals surface area (Å²) in [6.07, 6.45) is 2.93. The van der Waals surface area contributed by atoms with Crippen molar-refractivity contribution in [3.63, 3.8) is 0 Å². The molecule has 0 saturated heterocycles. The summed E-state index contributed by atoms with van der Waals surface area (Å²) in [7, 11) is 1.66. The summed E-state index contributed by atoms with van der Waals surface area (Å²) >= 11 is 0. The van der Waals surface area contributed by atoms with Crippen LogP contribution in [-0.2, 0) is 11.5 Å². The highest BCUT2D eigenvalue weighted by Crippen LogP contribution is 2.30. The lowest BCUT2D eigenvalue weighted by atomic mass is 10.2. The molecule has 0 amide bonds. The molecule has 0 unspecified atom stereocenters. The molecule has 0 N–H and O–H groups in total. The van der Waals surface area contributed by atoms with Gasteiger partial charge in [-0.05, 0) is 23.6 Å². The van der Waals surface area contributed by atoms with Crippen molar-refractivity contribution in [3.05, 3.63) is 66.4 Å². The molecule has 114 valence electrons. The van der Waals surface area contributed by atoms with Gasteiger partial charge in [-0.1, -0.05) is 36.4 Å². The topological polar surface area (TPSA) is 36.2 Å². The summed E-state index contributed by atoms with van der Waals surface area (Å²) in [4.78, 5) is 11.8. The Labute approximate surface area is 133 Å². The van der Waals surface area contributed by atoms with E-state index in [4.69, 9.17) is 4.74 Å². The summed E-state index contributed by atoms with van der Waals surface area (Å²) in [5.74, 6) is 0.837. The van der Waals surface area contributed by atoms with Crippen LogP contribution < -0.4 is 0 Å². The Hall–Kier alpha value is -2.85. The molecule has 0 aliphatic rings. The molecule has 0 radical (unpaired) electrons. The van der Waals surface area contributed by atoms with Gasteiger partial charge in [0.05, 0.1) is 16.6 Å². The van der Waals surface area contributed by atoms with Gasteiger partial charge < -0.3 is 13.9 Å². The Morgan fingerprint density at radius 1 is 1.00 bits per heavy atom. The van der Waals surface area contributed by atoms with E-state index in [-0.39, 0.29) is 0 Å². The molecule has 0 saturated carbocycles. The molecule has 4 aromatic rings. The van der Waals surface area contributed by atoms with Crippen LogP contribution in [0.15, 0.2) is 60.8 Å².